The van der Waals surface area contributed by atoms with Gasteiger partial charge >= 0.3 is 6.18 Å². The van der Waals surface area contributed by atoms with Gasteiger partial charge in [-0.05, 0) is 56.1 Å². The van der Waals surface area contributed by atoms with Crippen LogP contribution in [0.5, 0.6) is 0 Å². The van der Waals surface area contributed by atoms with E-state index in [1.807, 2.05) is 0 Å². The number of aromatic nitrogens is 2. The number of nitrogens with zero attached hydrogens (tertiary/aromatic N) is 4. The normalized spacial score (nSPS) is 24.9. The summed E-state index contributed by atoms with van der Waals surface area (Å²) in [6, 6.07) is 1.11. The molecule has 34 heavy (non-hydrogen) atoms. The molecule has 0 N–H and O–H groups in total. The molecule has 0 bridgehead atoms. The minimum Gasteiger partial charge on any atom is -0.339 e. The lowest BCUT2D eigenvalue weighted by molar-refractivity contribution is -0.137. The zero-order valence-corrected chi connectivity index (χ0v) is 19.4. The number of carbonyl (C=O) groups excluding carboxylic acids is 2. The highest BCUT2D eigenvalue weighted by Crippen LogP contribution is 2.53. The summed E-state index contributed by atoms with van der Waals surface area (Å²) >= 11 is 6.38. The second kappa shape index (κ2) is 7.47. The quantitative estimate of drug-likeness (QED) is 0.589. The largest absolute Gasteiger partial charge is 0.419 e. The van der Waals surface area contributed by atoms with Gasteiger partial charge < -0.3 is 9.80 Å². The molecule has 2 aromatic heterocycles. The van der Waals surface area contributed by atoms with Gasteiger partial charge in [-0.2, -0.15) is 13.2 Å². The van der Waals surface area contributed by atoms with E-state index in [9.17, 15) is 22.8 Å². The van der Waals surface area contributed by atoms with Crippen LogP contribution in [-0.4, -0.2) is 57.2 Å². The van der Waals surface area contributed by atoms with Gasteiger partial charge in [0.2, 0.25) is 5.91 Å². The molecule has 2 atom stereocenters. The molecule has 0 radical (unpaired) electrons. The summed E-state index contributed by atoms with van der Waals surface area (Å²) in [5.41, 5.74) is 2.03. The van der Waals surface area contributed by atoms with Gasteiger partial charge in [-0.15, -0.1) is 0 Å². The Hall–Kier alpha value is -2.55. The van der Waals surface area contributed by atoms with Gasteiger partial charge in [0.15, 0.2) is 11.3 Å². The molecular weight excluding hydrogens is 469 g/mol. The Labute approximate surface area is 199 Å². The van der Waals surface area contributed by atoms with Gasteiger partial charge in [-0.1, -0.05) is 22.7 Å². The summed E-state index contributed by atoms with van der Waals surface area (Å²) in [4.78, 5) is 33.1. The lowest BCUT2D eigenvalue weighted by Gasteiger charge is -2.35. The van der Waals surface area contributed by atoms with E-state index in [2.05, 4.69) is 11.9 Å². The van der Waals surface area contributed by atoms with Crippen molar-refractivity contribution in [2.24, 2.45) is 11.8 Å². The lowest BCUT2D eigenvalue weighted by atomic mass is 10.0. The Balaban J connectivity index is 1.21. The van der Waals surface area contributed by atoms with Crippen molar-refractivity contribution in [2.75, 3.05) is 26.2 Å². The van der Waals surface area contributed by atoms with Crippen molar-refractivity contribution in [3.63, 3.8) is 0 Å². The van der Waals surface area contributed by atoms with Gasteiger partial charge in [0, 0.05) is 31.7 Å². The Kier molecular flexibility index (Phi) is 4.82. The molecular formula is C24H24ClF3N4O2. The molecule has 180 valence electrons. The number of amides is 2. The van der Waals surface area contributed by atoms with Crippen molar-refractivity contribution in [1.82, 2.24) is 19.2 Å². The molecule has 0 aromatic carbocycles. The molecule has 2 aromatic rings. The number of piperazine rings is 1. The first-order chi connectivity index (χ1) is 16.1. The highest BCUT2D eigenvalue weighted by Gasteiger charge is 2.43. The van der Waals surface area contributed by atoms with Gasteiger partial charge in [0.1, 0.15) is 11.7 Å². The first-order valence-electron chi connectivity index (χ1n) is 11.7. The molecule has 3 heterocycles. The van der Waals surface area contributed by atoms with E-state index in [-0.39, 0.29) is 34.9 Å². The molecule has 0 spiro atoms. The van der Waals surface area contributed by atoms with Crippen molar-refractivity contribution in [3.8, 4) is 0 Å². The standard InChI is InChI=1S/C24H24ClF3N4O2/c1-12-16-6-13(7-17(12)16)9-30-4-5-31(11-19(30)33)23(34)20-21(25)32-10-15(14-2-3-14)8-18(22(32)29-20)24(26,27)28/h8,10,13-14,16H,2-7,9,11H2,1H3. The first kappa shape index (κ1) is 21.9. The second-order valence-corrected chi connectivity index (χ2v) is 10.4. The zero-order chi connectivity index (χ0) is 23.9. The Morgan fingerprint density at radius 1 is 1.26 bits per heavy atom. The number of carbonyl (C=O) groups is 2. The summed E-state index contributed by atoms with van der Waals surface area (Å²) in [6.45, 7) is 3.42. The maximum atomic E-state index is 13.7. The highest BCUT2D eigenvalue weighted by molar-refractivity contribution is 6.33. The fraction of sp³-hybridized carbons (Fsp3) is 0.542. The molecule has 3 fully saturated rings. The third-order valence-corrected chi connectivity index (χ3v) is 8.13. The second-order valence-electron chi connectivity index (χ2n) is 10.0. The zero-order valence-electron chi connectivity index (χ0n) is 18.7. The summed E-state index contributed by atoms with van der Waals surface area (Å²) in [5.74, 6) is 0.398. The number of alkyl halides is 3. The van der Waals surface area contributed by atoms with Crippen LogP contribution in [0.1, 0.15) is 60.1 Å². The van der Waals surface area contributed by atoms with Crippen LogP contribution in [-0.2, 0) is 11.0 Å². The predicted octanol–water partition coefficient (Wildman–Crippen LogP) is 4.52. The fourth-order valence-electron chi connectivity index (χ4n) is 5.61. The maximum Gasteiger partial charge on any atom is 0.419 e. The molecule has 10 heteroatoms. The average Bonchev–Trinajstić information content (AvgIpc) is 3.65. The van der Waals surface area contributed by atoms with Crippen LogP contribution in [0.4, 0.5) is 13.2 Å². The first-order valence-corrected chi connectivity index (χ1v) is 12.0. The monoisotopic (exact) mass is 492 g/mol. The predicted molar refractivity (Wildman–Crippen MR) is 119 cm³/mol. The molecule has 1 aliphatic heterocycles. The van der Waals surface area contributed by atoms with Crippen molar-refractivity contribution >= 4 is 29.1 Å². The molecule has 2 saturated carbocycles. The number of rotatable bonds is 4. The van der Waals surface area contributed by atoms with Crippen LogP contribution in [0.25, 0.3) is 5.65 Å². The lowest BCUT2D eigenvalue weighted by Crippen LogP contribution is -2.53. The van der Waals surface area contributed by atoms with Crippen molar-refractivity contribution < 1.29 is 22.8 Å². The number of imidazole rings is 1. The summed E-state index contributed by atoms with van der Waals surface area (Å²) in [5, 5.41) is -0.156. The molecule has 2 unspecified atom stereocenters. The minimum atomic E-state index is -4.63. The number of pyridine rings is 1. The molecule has 6 rings (SSSR count). The Morgan fingerprint density at radius 3 is 2.65 bits per heavy atom. The average molecular weight is 493 g/mol. The van der Waals surface area contributed by atoms with Crippen LogP contribution < -0.4 is 0 Å². The van der Waals surface area contributed by atoms with Crippen LogP contribution >= 0.6 is 11.6 Å². The number of hydrogen-bond acceptors (Lipinski definition) is 3. The summed E-state index contributed by atoms with van der Waals surface area (Å²) < 4.78 is 42.4. The van der Waals surface area contributed by atoms with Crippen LogP contribution in [0.15, 0.2) is 23.4 Å². The van der Waals surface area contributed by atoms with Gasteiger partial charge in [-0.25, -0.2) is 4.98 Å². The molecule has 2 amide bonds. The van der Waals surface area contributed by atoms with E-state index in [0.29, 0.717) is 37.0 Å². The van der Waals surface area contributed by atoms with Crippen molar-refractivity contribution in [2.45, 2.75) is 44.7 Å². The third kappa shape index (κ3) is 3.59. The van der Waals surface area contributed by atoms with Crippen LogP contribution in [0.3, 0.4) is 0 Å². The van der Waals surface area contributed by atoms with E-state index in [4.69, 9.17) is 11.6 Å². The number of allylic oxidation sites excluding steroid dienone is 2. The topological polar surface area (TPSA) is 57.9 Å². The van der Waals surface area contributed by atoms with E-state index < -0.39 is 17.6 Å². The minimum absolute atomic E-state index is 0.0692. The molecule has 6 nitrogen and oxygen atoms in total. The SMILES string of the molecule is CC1=C2CC(CN3CCN(C(=O)c4nc5c(C(F)(F)F)cc(C6CC6)cn5c4Cl)CC3=O)CC12. The third-order valence-electron chi connectivity index (χ3n) is 7.77. The van der Waals surface area contributed by atoms with E-state index in [1.54, 1.807) is 11.1 Å². The number of hydrogen-bond donors (Lipinski definition) is 0. The highest BCUT2D eigenvalue weighted by atomic mass is 35.5. The maximum absolute atomic E-state index is 13.7. The van der Waals surface area contributed by atoms with Crippen LogP contribution in [0.2, 0.25) is 5.15 Å². The van der Waals surface area contributed by atoms with Crippen molar-refractivity contribution in [1.29, 1.82) is 0 Å². The molecule has 4 aliphatic rings. The van der Waals surface area contributed by atoms with E-state index in [1.165, 1.54) is 16.0 Å². The molecule has 1 saturated heterocycles. The van der Waals surface area contributed by atoms with Gasteiger partial charge in [0.05, 0.1) is 5.56 Å². The molecule has 3 aliphatic carbocycles. The number of halogens is 4. The van der Waals surface area contributed by atoms with E-state index >= 15 is 0 Å². The Morgan fingerprint density at radius 2 is 2.03 bits per heavy atom. The Bertz CT molecular complexity index is 1260. The van der Waals surface area contributed by atoms with Gasteiger partial charge in [-0.3, -0.25) is 14.0 Å². The summed E-state index contributed by atoms with van der Waals surface area (Å²) in [7, 11) is 0. The van der Waals surface area contributed by atoms with Gasteiger partial charge in [0.25, 0.3) is 5.91 Å². The van der Waals surface area contributed by atoms with Crippen molar-refractivity contribution in [3.05, 3.63) is 45.4 Å². The fourth-order valence-corrected chi connectivity index (χ4v) is 5.86. The van der Waals surface area contributed by atoms with Crippen LogP contribution in [0, 0.1) is 11.8 Å². The van der Waals surface area contributed by atoms with E-state index in [0.717, 1.165) is 36.2 Å². The summed E-state index contributed by atoms with van der Waals surface area (Å²) in [6.07, 6.45) is 0.704. The number of fused-ring (bicyclic) bond motifs is 2. The smallest absolute Gasteiger partial charge is 0.339 e.